The van der Waals surface area contributed by atoms with Crippen LogP contribution >= 0.6 is 11.3 Å². The van der Waals surface area contributed by atoms with E-state index in [9.17, 15) is 0 Å². The Balaban J connectivity index is 1.78. The topological polar surface area (TPSA) is 28.2 Å². The maximum absolute atomic E-state index is 4.31. The van der Waals surface area contributed by atoms with Crippen LogP contribution in [0, 0.1) is 0 Å². The van der Waals surface area contributed by atoms with Crippen molar-refractivity contribution in [2.45, 2.75) is 18.5 Å². The number of piperidine rings is 1. The van der Waals surface area contributed by atoms with Crippen molar-refractivity contribution in [3.05, 3.63) is 11.6 Å². The molecule has 4 heterocycles. The summed E-state index contributed by atoms with van der Waals surface area (Å²) in [5.41, 5.74) is 0. The van der Waals surface area contributed by atoms with Gasteiger partial charge in [-0.1, -0.05) is 0 Å². The van der Waals surface area contributed by atoms with Gasteiger partial charge in [0.05, 0.1) is 0 Å². The summed E-state index contributed by atoms with van der Waals surface area (Å²) < 4.78 is 0. The summed E-state index contributed by atoms with van der Waals surface area (Å²) in [4.78, 5) is 6.70. The third kappa shape index (κ3) is 0.949. The number of piperazine rings is 1. The van der Waals surface area contributed by atoms with Gasteiger partial charge in [0.1, 0.15) is 0 Å². The van der Waals surface area contributed by atoms with Gasteiger partial charge in [-0.2, -0.15) is 0 Å². The number of fused-ring (bicyclic) bond motifs is 2. The standard InChI is InChI=1S/C8H11N3S/c1-2-12-8(9-1)11-4-6-3-7(5-11)10-6/h1-2,6-7,10H,3-5H2. The first-order valence-corrected chi connectivity index (χ1v) is 5.20. The van der Waals surface area contributed by atoms with Crippen LogP contribution in [0.2, 0.25) is 0 Å². The lowest BCUT2D eigenvalue weighted by atomic mass is 9.92. The smallest absolute Gasteiger partial charge is 0.185 e. The molecule has 0 spiro atoms. The van der Waals surface area contributed by atoms with Gasteiger partial charge in [0, 0.05) is 36.8 Å². The van der Waals surface area contributed by atoms with Gasteiger partial charge >= 0.3 is 0 Å². The lowest BCUT2D eigenvalue weighted by Gasteiger charge is -2.48. The highest BCUT2D eigenvalue weighted by Gasteiger charge is 2.36. The second-order valence-corrected chi connectivity index (χ2v) is 4.39. The minimum Gasteiger partial charge on any atom is -0.345 e. The van der Waals surface area contributed by atoms with E-state index in [2.05, 4.69) is 15.2 Å². The molecule has 3 aliphatic rings. The third-order valence-corrected chi connectivity index (χ3v) is 3.44. The van der Waals surface area contributed by atoms with Crippen molar-refractivity contribution in [3.8, 4) is 0 Å². The van der Waals surface area contributed by atoms with E-state index in [1.165, 1.54) is 11.6 Å². The first-order valence-electron chi connectivity index (χ1n) is 4.32. The minimum atomic E-state index is 0.729. The largest absolute Gasteiger partial charge is 0.345 e. The van der Waals surface area contributed by atoms with Crippen molar-refractivity contribution in [2.75, 3.05) is 18.0 Å². The Morgan fingerprint density at radius 1 is 1.50 bits per heavy atom. The predicted molar refractivity (Wildman–Crippen MR) is 49.7 cm³/mol. The van der Waals surface area contributed by atoms with Crippen molar-refractivity contribution in [1.82, 2.24) is 10.3 Å². The first kappa shape index (κ1) is 6.86. The maximum Gasteiger partial charge on any atom is 0.185 e. The number of hydrogen-bond donors (Lipinski definition) is 1. The summed E-state index contributed by atoms with van der Waals surface area (Å²) in [7, 11) is 0. The van der Waals surface area contributed by atoms with E-state index in [-0.39, 0.29) is 0 Å². The molecule has 3 aliphatic heterocycles. The molecule has 3 nitrogen and oxygen atoms in total. The van der Waals surface area contributed by atoms with Gasteiger partial charge in [-0.25, -0.2) is 4.98 Å². The van der Waals surface area contributed by atoms with Gasteiger partial charge in [-0.3, -0.25) is 0 Å². The summed E-state index contributed by atoms with van der Waals surface area (Å²) in [6.45, 7) is 2.29. The van der Waals surface area contributed by atoms with E-state index in [0.717, 1.165) is 25.2 Å². The molecule has 0 aliphatic carbocycles. The Bertz CT molecular complexity index is 256. The van der Waals surface area contributed by atoms with Gasteiger partial charge in [-0.15, -0.1) is 11.3 Å². The summed E-state index contributed by atoms with van der Waals surface area (Å²) in [6, 6.07) is 1.46. The van der Waals surface area contributed by atoms with Crippen molar-refractivity contribution >= 4 is 16.5 Å². The Labute approximate surface area is 75.4 Å². The SMILES string of the molecule is c1csc(N2CC3CC(C2)N3)n1. The van der Waals surface area contributed by atoms with Crippen molar-refractivity contribution in [1.29, 1.82) is 0 Å². The normalized spacial score (nSPS) is 33.2. The summed E-state index contributed by atoms with van der Waals surface area (Å²) in [5, 5.41) is 6.74. The van der Waals surface area contributed by atoms with Crippen LogP contribution in [0.25, 0.3) is 0 Å². The van der Waals surface area contributed by atoms with Crippen LogP contribution in [0.3, 0.4) is 0 Å². The van der Waals surface area contributed by atoms with E-state index >= 15 is 0 Å². The molecule has 0 saturated carbocycles. The predicted octanol–water partition coefficient (Wildman–Crippen LogP) is 0.694. The summed E-state index contributed by atoms with van der Waals surface area (Å²) in [6.07, 6.45) is 3.25. The molecule has 3 saturated heterocycles. The molecule has 2 unspecified atom stereocenters. The lowest BCUT2D eigenvalue weighted by molar-refractivity contribution is 0.226. The zero-order chi connectivity index (χ0) is 7.97. The van der Waals surface area contributed by atoms with Crippen molar-refractivity contribution < 1.29 is 0 Å². The number of nitrogens with zero attached hydrogens (tertiary/aromatic N) is 2. The number of anilines is 1. The fourth-order valence-corrected chi connectivity index (χ4v) is 2.71. The molecule has 3 fully saturated rings. The fraction of sp³-hybridized carbons (Fsp3) is 0.625. The quantitative estimate of drug-likeness (QED) is 0.691. The van der Waals surface area contributed by atoms with Crippen LogP contribution < -0.4 is 10.2 Å². The lowest BCUT2D eigenvalue weighted by Crippen LogP contribution is -2.67. The molecule has 1 N–H and O–H groups in total. The van der Waals surface area contributed by atoms with E-state index in [1.54, 1.807) is 11.3 Å². The highest BCUT2D eigenvalue weighted by atomic mass is 32.1. The monoisotopic (exact) mass is 181 g/mol. The molecule has 2 atom stereocenters. The molecule has 4 heteroatoms. The van der Waals surface area contributed by atoms with Gasteiger partial charge < -0.3 is 10.2 Å². The molecule has 12 heavy (non-hydrogen) atoms. The molecule has 0 radical (unpaired) electrons. The highest BCUT2D eigenvalue weighted by molar-refractivity contribution is 7.13. The van der Waals surface area contributed by atoms with Crippen LogP contribution in [0.5, 0.6) is 0 Å². The van der Waals surface area contributed by atoms with Crippen LogP contribution in [-0.4, -0.2) is 30.2 Å². The van der Waals surface area contributed by atoms with Crippen LogP contribution in [-0.2, 0) is 0 Å². The van der Waals surface area contributed by atoms with E-state index in [0.29, 0.717) is 0 Å². The maximum atomic E-state index is 4.31. The minimum absolute atomic E-state index is 0.729. The number of rotatable bonds is 1. The second-order valence-electron chi connectivity index (χ2n) is 3.52. The van der Waals surface area contributed by atoms with Gasteiger partial charge in [0.15, 0.2) is 5.13 Å². The van der Waals surface area contributed by atoms with E-state index in [1.807, 2.05) is 11.6 Å². The highest BCUT2D eigenvalue weighted by Crippen LogP contribution is 2.26. The Hall–Kier alpha value is -0.610. The van der Waals surface area contributed by atoms with Crippen molar-refractivity contribution in [2.24, 2.45) is 0 Å². The fourth-order valence-electron chi connectivity index (χ4n) is 2.04. The molecule has 0 aromatic carbocycles. The average Bonchev–Trinajstić information content (AvgIpc) is 2.55. The second kappa shape index (κ2) is 2.44. The number of thiazole rings is 1. The molecule has 2 bridgehead atoms. The number of aromatic nitrogens is 1. The van der Waals surface area contributed by atoms with Gasteiger partial charge in [0.2, 0.25) is 0 Å². The van der Waals surface area contributed by atoms with E-state index in [4.69, 9.17) is 0 Å². The van der Waals surface area contributed by atoms with Gasteiger partial charge in [0.25, 0.3) is 0 Å². The Morgan fingerprint density at radius 3 is 2.83 bits per heavy atom. The van der Waals surface area contributed by atoms with Crippen LogP contribution in [0.4, 0.5) is 5.13 Å². The zero-order valence-corrected chi connectivity index (χ0v) is 7.55. The summed E-state index contributed by atoms with van der Waals surface area (Å²) >= 11 is 1.74. The average molecular weight is 181 g/mol. The van der Waals surface area contributed by atoms with Crippen LogP contribution in [0.1, 0.15) is 6.42 Å². The zero-order valence-electron chi connectivity index (χ0n) is 6.73. The third-order valence-electron chi connectivity index (χ3n) is 2.61. The number of hydrogen-bond acceptors (Lipinski definition) is 4. The Morgan fingerprint density at radius 2 is 2.25 bits per heavy atom. The Kier molecular flexibility index (Phi) is 1.39. The molecule has 1 aromatic heterocycles. The van der Waals surface area contributed by atoms with E-state index < -0.39 is 0 Å². The molecule has 1 aromatic rings. The van der Waals surface area contributed by atoms with Crippen LogP contribution in [0.15, 0.2) is 11.6 Å². The summed E-state index contributed by atoms with van der Waals surface area (Å²) in [5.74, 6) is 0. The number of nitrogens with one attached hydrogen (secondary N) is 1. The first-order chi connectivity index (χ1) is 5.92. The van der Waals surface area contributed by atoms with Gasteiger partial charge in [-0.05, 0) is 6.42 Å². The van der Waals surface area contributed by atoms with Crippen molar-refractivity contribution in [3.63, 3.8) is 0 Å². The molecule has 64 valence electrons. The molecular weight excluding hydrogens is 170 g/mol. The molecule has 4 rings (SSSR count). The molecular formula is C8H11N3S. The molecule has 0 amide bonds.